The lowest BCUT2D eigenvalue weighted by Crippen LogP contribution is -2.31. The Morgan fingerprint density at radius 3 is 2.84 bits per heavy atom. The van der Waals surface area contributed by atoms with Crippen LogP contribution in [0.3, 0.4) is 0 Å². The molecular formula is C20H22N2O3. The van der Waals surface area contributed by atoms with E-state index in [2.05, 4.69) is 4.98 Å². The maximum absolute atomic E-state index is 12.5. The zero-order chi connectivity index (χ0) is 17.3. The van der Waals surface area contributed by atoms with Gasteiger partial charge in [0.15, 0.2) is 0 Å². The number of aliphatic hydroxyl groups is 1. The number of pyridine rings is 1. The topological polar surface area (TPSA) is 62.7 Å². The molecule has 2 heterocycles. The summed E-state index contributed by atoms with van der Waals surface area (Å²) >= 11 is 0. The lowest BCUT2D eigenvalue weighted by Gasteiger charge is -2.16. The monoisotopic (exact) mass is 338 g/mol. The summed E-state index contributed by atoms with van der Waals surface area (Å²) in [7, 11) is 0. The number of benzene rings is 1. The summed E-state index contributed by atoms with van der Waals surface area (Å²) < 4.78 is 5.80. The molecule has 1 saturated heterocycles. The van der Waals surface area contributed by atoms with E-state index in [1.165, 1.54) is 0 Å². The lowest BCUT2D eigenvalue weighted by molar-refractivity contribution is -0.129. The molecule has 5 nitrogen and oxygen atoms in total. The fourth-order valence-electron chi connectivity index (χ4n) is 3.48. The molecule has 2 aliphatic rings. The van der Waals surface area contributed by atoms with Gasteiger partial charge in [-0.25, -0.2) is 0 Å². The number of amides is 1. The highest BCUT2D eigenvalue weighted by molar-refractivity contribution is 5.79. The first kappa shape index (κ1) is 16.1. The third kappa shape index (κ3) is 3.51. The smallest absolute Gasteiger partial charge is 0.227 e. The Bertz CT molecular complexity index is 759. The van der Waals surface area contributed by atoms with Crippen LogP contribution >= 0.6 is 0 Å². The van der Waals surface area contributed by atoms with Gasteiger partial charge in [-0.2, -0.15) is 0 Å². The van der Waals surface area contributed by atoms with Crippen LogP contribution < -0.4 is 4.74 Å². The second-order valence-corrected chi connectivity index (χ2v) is 7.13. The number of likely N-dealkylation sites (tertiary alicyclic amines) is 1. The van der Waals surface area contributed by atoms with E-state index in [-0.39, 0.29) is 17.4 Å². The van der Waals surface area contributed by atoms with Crippen molar-refractivity contribution in [1.82, 2.24) is 9.88 Å². The van der Waals surface area contributed by atoms with Gasteiger partial charge in [0.05, 0.1) is 12.5 Å². The third-order valence-electron chi connectivity index (χ3n) is 5.23. The fraction of sp³-hybridized carbons (Fsp3) is 0.400. The summed E-state index contributed by atoms with van der Waals surface area (Å²) in [6, 6.07) is 11.5. The largest absolute Gasteiger partial charge is 0.489 e. The van der Waals surface area contributed by atoms with Crippen molar-refractivity contribution in [3.63, 3.8) is 0 Å². The number of rotatable bonds is 5. The van der Waals surface area contributed by atoms with E-state index in [4.69, 9.17) is 4.74 Å². The molecule has 4 rings (SSSR count). The number of aliphatic hydroxyl groups excluding tert-OH is 1. The minimum Gasteiger partial charge on any atom is -0.489 e. The molecule has 1 atom stereocenters. The zero-order valence-corrected chi connectivity index (χ0v) is 14.1. The number of hydrogen-bond donors (Lipinski definition) is 1. The van der Waals surface area contributed by atoms with Crippen molar-refractivity contribution in [3.8, 4) is 5.75 Å². The van der Waals surface area contributed by atoms with Gasteiger partial charge in [-0.15, -0.1) is 0 Å². The number of ether oxygens (including phenoxy) is 1. The molecule has 0 radical (unpaired) electrons. The Hall–Kier alpha value is -2.40. The molecular weight excluding hydrogens is 316 g/mol. The van der Waals surface area contributed by atoms with Crippen LogP contribution in [0.1, 0.15) is 24.0 Å². The number of β-amino-alcohol motifs (C(OH)–C–C–N with tert-alkyl or cyclic N) is 1. The first-order valence-corrected chi connectivity index (χ1v) is 8.71. The van der Waals surface area contributed by atoms with Gasteiger partial charge in [-0.1, -0.05) is 18.2 Å². The minimum absolute atomic E-state index is 0.00430. The van der Waals surface area contributed by atoms with Crippen molar-refractivity contribution in [2.45, 2.75) is 32.0 Å². The Labute approximate surface area is 147 Å². The molecule has 1 saturated carbocycles. The Morgan fingerprint density at radius 2 is 2.12 bits per heavy atom. The molecule has 130 valence electrons. The highest BCUT2D eigenvalue weighted by atomic mass is 16.5. The van der Waals surface area contributed by atoms with E-state index in [1.54, 1.807) is 17.3 Å². The van der Waals surface area contributed by atoms with Crippen molar-refractivity contribution >= 4 is 5.91 Å². The van der Waals surface area contributed by atoms with E-state index < -0.39 is 0 Å². The van der Waals surface area contributed by atoms with Crippen LogP contribution in [-0.4, -0.2) is 40.1 Å². The van der Waals surface area contributed by atoms with E-state index in [0.717, 1.165) is 29.7 Å². The molecule has 1 aliphatic carbocycles. The van der Waals surface area contributed by atoms with Crippen LogP contribution in [0.2, 0.25) is 0 Å². The summed E-state index contributed by atoms with van der Waals surface area (Å²) in [6.07, 6.45) is 5.57. The molecule has 2 aromatic rings. The molecule has 1 aromatic heterocycles. The number of carbonyl (C=O) groups excluding carboxylic acids is 1. The van der Waals surface area contributed by atoms with Gasteiger partial charge < -0.3 is 14.7 Å². The molecule has 5 heteroatoms. The van der Waals surface area contributed by atoms with Crippen molar-refractivity contribution in [3.05, 3.63) is 59.9 Å². The molecule has 1 aromatic carbocycles. The number of nitrogens with zero attached hydrogens (tertiary/aromatic N) is 2. The zero-order valence-electron chi connectivity index (χ0n) is 14.1. The first-order chi connectivity index (χ1) is 12.1. The van der Waals surface area contributed by atoms with Gasteiger partial charge in [0.1, 0.15) is 12.4 Å². The van der Waals surface area contributed by atoms with Gasteiger partial charge in [0.25, 0.3) is 0 Å². The van der Waals surface area contributed by atoms with E-state index >= 15 is 0 Å². The second-order valence-electron chi connectivity index (χ2n) is 7.13. The standard InChI is InChI=1S/C20H22N2O3/c23-18-12-22(14-20(18)6-7-20)19(24)10-15-3-1-5-17(9-15)25-13-16-4-2-8-21-11-16/h1-5,8-9,11,18,23H,6-7,10,12-14H2. The van der Waals surface area contributed by atoms with Crippen molar-refractivity contribution < 1.29 is 14.6 Å². The second kappa shape index (κ2) is 6.48. The average Bonchev–Trinajstić information content (AvgIpc) is 3.33. The average molecular weight is 338 g/mol. The maximum atomic E-state index is 12.5. The highest BCUT2D eigenvalue weighted by Gasteiger charge is 2.55. The van der Waals surface area contributed by atoms with Crippen molar-refractivity contribution in [2.75, 3.05) is 13.1 Å². The van der Waals surface area contributed by atoms with Gasteiger partial charge in [-0.05, 0) is 36.6 Å². The van der Waals surface area contributed by atoms with Crippen LogP contribution in [0.4, 0.5) is 0 Å². The van der Waals surface area contributed by atoms with Crippen LogP contribution in [0.15, 0.2) is 48.8 Å². The lowest BCUT2D eigenvalue weighted by atomic mass is 10.0. The highest BCUT2D eigenvalue weighted by Crippen LogP contribution is 2.52. The van der Waals surface area contributed by atoms with Crippen LogP contribution in [0.5, 0.6) is 5.75 Å². The van der Waals surface area contributed by atoms with Crippen molar-refractivity contribution in [1.29, 1.82) is 0 Å². The quantitative estimate of drug-likeness (QED) is 0.908. The predicted octanol–water partition coefficient (Wildman–Crippen LogP) is 2.19. The molecule has 1 spiro atoms. The fourth-order valence-corrected chi connectivity index (χ4v) is 3.48. The van der Waals surface area contributed by atoms with Crippen LogP contribution in [0, 0.1) is 5.41 Å². The molecule has 0 bridgehead atoms. The molecule has 25 heavy (non-hydrogen) atoms. The number of hydrogen-bond acceptors (Lipinski definition) is 4. The molecule has 1 amide bonds. The number of carbonyl (C=O) groups is 1. The summed E-state index contributed by atoms with van der Waals surface area (Å²) in [5.41, 5.74) is 1.94. The van der Waals surface area contributed by atoms with E-state index in [1.807, 2.05) is 36.4 Å². The Morgan fingerprint density at radius 1 is 1.28 bits per heavy atom. The normalized spacial score (nSPS) is 20.7. The van der Waals surface area contributed by atoms with Crippen molar-refractivity contribution in [2.24, 2.45) is 5.41 Å². The summed E-state index contributed by atoms with van der Waals surface area (Å²) in [4.78, 5) is 18.4. The van der Waals surface area contributed by atoms with Crippen LogP contribution in [-0.2, 0) is 17.8 Å². The van der Waals surface area contributed by atoms with Gasteiger partial charge in [0.2, 0.25) is 5.91 Å². The number of aromatic nitrogens is 1. The molecule has 2 fully saturated rings. The van der Waals surface area contributed by atoms with Gasteiger partial charge >= 0.3 is 0 Å². The van der Waals surface area contributed by atoms with E-state index in [0.29, 0.717) is 26.1 Å². The first-order valence-electron chi connectivity index (χ1n) is 8.71. The predicted molar refractivity (Wildman–Crippen MR) is 93.0 cm³/mol. The SMILES string of the molecule is O=C(Cc1cccc(OCc2cccnc2)c1)N1CC(O)C2(CC2)C1. The molecule has 1 unspecified atom stereocenters. The van der Waals surface area contributed by atoms with Gasteiger partial charge in [-0.3, -0.25) is 9.78 Å². The Balaban J connectivity index is 1.36. The minimum atomic E-state index is -0.356. The third-order valence-corrected chi connectivity index (χ3v) is 5.23. The van der Waals surface area contributed by atoms with Crippen LogP contribution in [0.25, 0.3) is 0 Å². The molecule has 1 N–H and O–H groups in total. The Kier molecular flexibility index (Phi) is 4.17. The molecule has 1 aliphatic heterocycles. The summed E-state index contributed by atoms with van der Waals surface area (Å²) in [6.45, 7) is 1.62. The van der Waals surface area contributed by atoms with Gasteiger partial charge in [0, 0.05) is 36.5 Å². The summed E-state index contributed by atoms with van der Waals surface area (Å²) in [5.74, 6) is 0.821. The van der Waals surface area contributed by atoms with E-state index in [9.17, 15) is 9.90 Å². The summed E-state index contributed by atoms with van der Waals surface area (Å²) in [5, 5.41) is 10.1. The maximum Gasteiger partial charge on any atom is 0.227 e.